The zero-order valence-electron chi connectivity index (χ0n) is 11.5. The second kappa shape index (κ2) is 6.65. The van der Waals surface area contributed by atoms with Gasteiger partial charge in [-0.2, -0.15) is 5.10 Å². The number of hydrogen-bond acceptors (Lipinski definition) is 3. The van der Waals surface area contributed by atoms with Gasteiger partial charge in [0.25, 0.3) is 0 Å². The second-order valence-corrected chi connectivity index (χ2v) is 4.41. The number of nitrogens with zero attached hydrogens (tertiary/aromatic N) is 1. The predicted octanol–water partition coefficient (Wildman–Crippen LogP) is 3.75. The zero-order chi connectivity index (χ0) is 15.2. The van der Waals surface area contributed by atoms with Crippen LogP contribution in [0.15, 0.2) is 53.6 Å². The standard InChI is InChI=1S/C16H15FN2O2/c1-2-15(11-3-7-13(17)8-4-11)19-18-14-9-5-12(6-10-14)16(20)21/h3-10,18H,2H2,1H3,(H,20,21)/b19-15-. The van der Waals surface area contributed by atoms with Gasteiger partial charge in [0.15, 0.2) is 0 Å². The van der Waals surface area contributed by atoms with Gasteiger partial charge in [0.1, 0.15) is 5.82 Å². The summed E-state index contributed by atoms with van der Waals surface area (Å²) in [5, 5.41) is 13.1. The maximum atomic E-state index is 12.9. The Kier molecular flexibility index (Phi) is 4.66. The van der Waals surface area contributed by atoms with Crippen LogP contribution >= 0.6 is 0 Å². The molecule has 5 heteroatoms. The largest absolute Gasteiger partial charge is 0.478 e. The fraction of sp³-hybridized carbons (Fsp3) is 0.125. The van der Waals surface area contributed by atoms with Crippen LogP contribution < -0.4 is 5.43 Å². The summed E-state index contributed by atoms with van der Waals surface area (Å²) >= 11 is 0. The van der Waals surface area contributed by atoms with E-state index in [0.717, 1.165) is 11.3 Å². The van der Waals surface area contributed by atoms with Crippen molar-refractivity contribution in [3.63, 3.8) is 0 Å². The van der Waals surface area contributed by atoms with E-state index >= 15 is 0 Å². The van der Waals surface area contributed by atoms with E-state index in [2.05, 4.69) is 10.5 Å². The minimum absolute atomic E-state index is 0.221. The summed E-state index contributed by atoms with van der Waals surface area (Å²) in [6.07, 6.45) is 0.686. The first-order valence-corrected chi connectivity index (χ1v) is 6.52. The van der Waals surface area contributed by atoms with Gasteiger partial charge in [-0.25, -0.2) is 9.18 Å². The van der Waals surface area contributed by atoms with Crippen LogP contribution in [-0.2, 0) is 0 Å². The second-order valence-electron chi connectivity index (χ2n) is 4.41. The molecule has 0 fully saturated rings. The molecule has 0 spiro atoms. The van der Waals surface area contributed by atoms with Crippen molar-refractivity contribution in [2.75, 3.05) is 5.43 Å². The fourth-order valence-electron chi connectivity index (χ4n) is 1.81. The van der Waals surface area contributed by atoms with Gasteiger partial charge in [-0.15, -0.1) is 0 Å². The number of hydrogen-bond donors (Lipinski definition) is 2. The number of nitrogens with one attached hydrogen (secondary N) is 1. The van der Waals surface area contributed by atoms with Crippen LogP contribution in [0.4, 0.5) is 10.1 Å². The van der Waals surface area contributed by atoms with Gasteiger partial charge < -0.3 is 5.11 Å². The third kappa shape index (κ3) is 3.89. The highest BCUT2D eigenvalue weighted by molar-refractivity contribution is 6.00. The number of halogens is 1. The van der Waals surface area contributed by atoms with E-state index in [1.54, 1.807) is 24.3 Å². The predicted molar refractivity (Wildman–Crippen MR) is 80.3 cm³/mol. The van der Waals surface area contributed by atoms with Crippen molar-refractivity contribution in [2.24, 2.45) is 5.10 Å². The van der Waals surface area contributed by atoms with Gasteiger partial charge in [0.05, 0.1) is 17.0 Å². The van der Waals surface area contributed by atoms with Crippen LogP contribution in [0.1, 0.15) is 29.3 Å². The summed E-state index contributed by atoms with van der Waals surface area (Å²) in [5.41, 5.74) is 5.42. The molecule has 0 aliphatic carbocycles. The molecule has 0 saturated heterocycles. The Morgan fingerprint density at radius 2 is 1.67 bits per heavy atom. The molecule has 0 amide bonds. The van der Waals surface area contributed by atoms with Crippen LogP contribution in [0.3, 0.4) is 0 Å². The van der Waals surface area contributed by atoms with E-state index in [1.165, 1.54) is 24.3 Å². The molecule has 0 aliphatic rings. The average molecular weight is 286 g/mol. The van der Waals surface area contributed by atoms with Crippen LogP contribution in [0.25, 0.3) is 0 Å². The molecule has 2 rings (SSSR count). The maximum Gasteiger partial charge on any atom is 0.335 e. The molecule has 2 aromatic rings. The summed E-state index contributed by atoms with van der Waals surface area (Å²) in [6, 6.07) is 12.4. The van der Waals surface area contributed by atoms with E-state index in [0.29, 0.717) is 12.1 Å². The Bertz CT molecular complexity index is 649. The van der Waals surface area contributed by atoms with Crippen LogP contribution in [0, 0.1) is 5.82 Å². The summed E-state index contributed by atoms with van der Waals surface area (Å²) in [4.78, 5) is 10.8. The number of anilines is 1. The van der Waals surface area contributed by atoms with Gasteiger partial charge >= 0.3 is 5.97 Å². The highest BCUT2D eigenvalue weighted by atomic mass is 19.1. The van der Waals surface area contributed by atoms with Crippen LogP contribution in [0.5, 0.6) is 0 Å². The topological polar surface area (TPSA) is 61.7 Å². The number of aromatic carboxylic acids is 1. The summed E-state index contributed by atoms with van der Waals surface area (Å²) < 4.78 is 12.9. The quantitative estimate of drug-likeness (QED) is 0.650. The van der Waals surface area contributed by atoms with Gasteiger partial charge in [-0.3, -0.25) is 5.43 Å². The molecule has 21 heavy (non-hydrogen) atoms. The number of carbonyl (C=O) groups is 1. The molecular formula is C16H15FN2O2. The average Bonchev–Trinajstić information content (AvgIpc) is 2.50. The first-order chi connectivity index (χ1) is 10.1. The van der Waals surface area contributed by atoms with Crippen molar-refractivity contribution in [1.82, 2.24) is 0 Å². The lowest BCUT2D eigenvalue weighted by Gasteiger charge is -2.06. The zero-order valence-corrected chi connectivity index (χ0v) is 11.5. The normalized spacial score (nSPS) is 11.2. The SMILES string of the molecule is CC/C(=N/Nc1ccc(C(=O)O)cc1)c1ccc(F)cc1. The van der Waals surface area contributed by atoms with E-state index in [-0.39, 0.29) is 11.4 Å². The number of carboxylic acid groups (broad SMARTS) is 1. The van der Waals surface area contributed by atoms with Gasteiger partial charge in [0, 0.05) is 0 Å². The van der Waals surface area contributed by atoms with Crippen molar-refractivity contribution in [3.05, 3.63) is 65.5 Å². The number of rotatable bonds is 5. The molecule has 0 aromatic heterocycles. The number of carboxylic acids is 1. The van der Waals surface area contributed by atoms with E-state index in [4.69, 9.17) is 5.11 Å². The fourth-order valence-corrected chi connectivity index (χ4v) is 1.81. The Morgan fingerprint density at radius 1 is 1.10 bits per heavy atom. The molecule has 0 saturated carbocycles. The Labute approximate surface area is 121 Å². The Balaban J connectivity index is 2.13. The van der Waals surface area contributed by atoms with Crippen molar-refractivity contribution in [3.8, 4) is 0 Å². The van der Waals surface area contributed by atoms with Gasteiger partial charge in [-0.05, 0) is 48.4 Å². The molecule has 0 bridgehead atoms. The Hall–Kier alpha value is -2.69. The van der Waals surface area contributed by atoms with Crippen molar-refractivity contribution < 1.29 is 14.3 Å². The third-order valence-electron chi connectivity index (χ3n) is 2.96. The minimum Gasteiger partial charge on any atom is -0.478 e. The lowest BCUT2D eigenvalue weighted by atomic mass is 10.1. The highest BCUT2D eigenvalue weighted by Crippen LogP contribution is 2.11. The molecule has 2 N–H and O–H groups in total. The molecule has 4 nitrogen and oxygen atoms in total. The number of benzene rings is 2. The molecule has 0 aliphatic heterocycles. The Morgan fingerprint density at radius 3 is 2.19 bits per heavy atom. The monoisotopic (exact) mass is 286 g/mol. The molecule has 2 aromatic carbocycles. The molecule has 0 unspecified atom stereocenters. The first kappa shape index (κ1) is 14.7. The van der Waals surface area contributed by atoms with Crippen LogP contribution in [0.2, 0.25) is 0 Å². The lowest BCUT2D eigenvalue weighted by Crippen LogP contribution is -2.03. The molecule has 0 radical (unpaired) electrons. The van der Waals surface area contributed by atoms with Crippen molar-refractivity contribution in [1.29, 1.82) is 0 Å². The van der Waals surface area contributed by atoms with Crippen molar-refractivity contribution in [2.45, 2.75) is 13.3 Å². The molecular weight excluding hydrogens is 271 g/mol. The van der Waals surface area contributed by atoms with E-state index in [9.17, 15) is 9.18 Å². The van der Waals surface area contributed by atoms with E-state index in [1.807, 2.05) is 6.92 Å². The smallest absolute Gasteiger partial charge is 0.335 e. The minimum atomic E-state index is -0.967. The highest BCUT2D eigenvalue weighted by Gasteiger charge is 2.03. The summed E-state index contributed by atoms with van der Waals surface area (Å²) in [7, 11) is 0. The molecule has 108 valence electrons. The summed E-state index contributed by atoms with van der Waals surface area (Å²) in [6.45, 7) is 1.96. The number of hydrazone groups is 1. The van der Waals surface area contributed by atoms with Gasteiger partial charge in [-0.1, -0.05) is 19.1 Å². The molecule has 0 atom stereocenters. The third-order valence-corrected chi connectivity index (χ3v) is 2.96. The van der Waals surface area contributed by atoms with E-state index < -0.39 is 5.97 Å². The summed E-state index contributed by atoms with van der Waals surface area (Å²) in [5.74, 6) is -1.25. The van der Waals surface area contributed by atoms with Crippen molar-refractivity contribution >= 4 is 17.4 Å². The lowest BCUT2D eigenvalue weighted by molar-refractivity contribution is 0.0697. The molecule has 0 heterocycles. The maximum absolute atomic E-state index is 12.9. The first-order valence-electron chi connectivity index (χ1n) is 6.52. The van der Waals surface area contributed by atoms with Crippen LogP contribution in [-0.4, -0.2) is 16.8 Å². The van der Waals surface area contributed by atoms with Gasteiger partial charge in [0.2, 0.25) is 0 Å².